The number of nitrogens with one attached hydrogen (secondary N) is 2. The lowest BCUT2D eigenvalue weighted by Gasteiger charge is -2.20. The fourth-order valence-corrected chi connectivity index (χ4v) is 2.64. The molecule has 28 heavy (non-hydrogen) atoms. The molecule has 0 saturated carbocycles. The first-order valence-corrected chi connectivity index (χ1v) is 8.87. The molecule has 2 aromatic rings. The van der Waals surface area contributed by atoms with Gasteiger partial charge in [0.1, 0.15) is 11.5 Å². The highest BCUT2D eigenvalue weighted by atomic mass is 127. The third-order valence-corrected chi connectivity index (χ3v) is 4.10. The smallest absolute Gasteiger partial charge is 0.192 e. The topological polar surface area (TPSA) is 78.7 Å². The van der Waals surface area contributed by atoms with Crippen molar-refractivity contribution >= 4 is 29.9 Å². The summed E-state index contributed by atoms with van der Waals surface area (Å²) in [7, 11) is 3.30. The quantitative estimate of drug-likeness (QED) is 0.346. The molecule has 7 heteroatoms. The van der Waals surface area contributed by atoms with Gasteiger partial charge in [0.15, 0.2) is 5.96 Å². The third-order valence-electron chi connectivity index (χ3n) is 4.10. The number of halogens is 1. The Bertz CT molecular complexity index is 816. The van der Waals surface area contributed by atoms with Gasteiger partial charge in [-0.05, 0) is 49.7 Å². The number of nitriles is 1. The van der Waals surface area contributed by atoms with E-state index in [-0.39, 0.29) is 30.0 Å². The Morgan fingerprint density at radius 3 is 2.43 bits per heavy atom. The molecule has 0 aliphatic rings. The molecule has 1 atom stereocenters. The second-order valence-corrected chi connectivity index (χ2v) is 5.98. The number of nitrogens with zero attached hydrogens (tertiary/aromatic N) is 2. The Morgan fingerprint density at radius 1 is 1.14 bits per heavy atom. The fourth-order valence-electron chi connectivity index (χ4n) is 2.64. The zero-order valence-electron chi connectivity index (χ0n) is 16.7. The van der Waals surface area contributed by atoms with E-state index in [0.717, 1.165) is 29.2 Å². The minimum Gasteiger partial charge on any atom is -0.497 e. The van der Waals surface area contributed by atoms with Crippen LogP contribution >= 0.6 is 24.0 Å². The second-order valence-electron chi connectivity index (χ2n) is 5.98. The van der Waals surface area contributed by atoms with Crippen LogP contribution in [0.25, 0.3) is 0 Å². The van der Waals surface area contributed by atoms with Gasteiger partial charge >= 0.3 is 0 Å². The van der Waals surface area contributed by atoms with E-state index in [1.807, 2.05) is 44.2 Å². The summed E-state index contributed by atoms with van der Waals surface area (Å²) in [4.78, 5) is 4.64. The number of ether oxygens (including phenoxy) is 2. The number of benzene rings is 2. The lowest BCUT2D eigenvalue weighted by Crippen LogP contribution is -2.38. The standard InChI is InChI=1S/C21H26N4O2.HI/c1-5-23-21(24-14-17-8-6-16(13-22)7-9-17)25-15(2)19-12-18(26-3)10-11-20(19)27-4;/h6-12,15H,5,14H2,1-4H3,(H2,23,24,25);1H. The van der Waals surface area contributed by atoms with Crippen LogP contribution in [0.3, 0.4) is 0 Å². The van der Waals surface area contributed by atoms with Crippen molar-refractivity contribution in [1.29, 1.82) is 5.26 Å². The van der Waals surface area contributed by atoms with E-state index in [1.54, 1.807) is 26.4 Å². The predicted molar refractivity (Wildman–Crippen MR) is 122 cm³/mol. The summed E-state index contributed by atoms with van der Waals surface area (Å²) in [6.45, 7) is 5.34. The Morgan fingerprint density at radius 2 is 1.86 bits per heavy atom. The Hall–Kier alpha value is -2.47. The van der Waals surface area contributed by atoms with Crippen molar-refractivity contribution in [2.24, 2.45) is 4.99 Å². The van der Waals surface area contributed by atoms with Gasteiger partial charge in [-0.2, -0.15) is 5.26 Å². The monoisotopic (exact) mass is 494 g/mol. The molecule has 2 rings (SSSR count). The molecule has 0 saturated heterocycles. The zero-order valence-corrected chi connectivity index (χ0v) is 19.0. The molecular weight excluding hydrogens is 467 g/mol. The summed E-state index contributed by atoms with van der Waals surface area (Å²) in [6, 6.07) is 15.3. The van der Waals surface area contributed by atoms with Gasteiger partial charge in [-0.25, -0.2) is 4.99 Å². The van der Waals surface area contributed by atoms with Gasteiger partial charge in [0.2, 0.25) is 0 Å². The lowest BCUT2D eigenvalue weighted by molar-refractivity contribution is 0.394. The van der Waals surface area contributed by atoms with Crippen LogP contribution in [0.5, 0.6) is 11.5 Å². The summed E-state index contributed by atoms with van der Waals surface area (Å²) in [5.41, 5.74) is 2.67. The first-order valence-electron chi connectivity index (χ1n) is 8.87. The molecule has 1 unspecified atom stereocenters. The molecule has 0 bridgehead atoms. The Labute approximate surface area is 184 Å². The molecule has 0 radical (unpaired) electrons. The van der Waals surface area contributed by atoms with Crippen LogP contribution in [0, 0.1) is 11.3 Å². The van der Waals surface area contributed by atoms with Gasteiger partial charge in [-0.15, -0.1) is 24.0 Å². The van der Waals surface area contributed by atoms with Gasteiger partial charge in [-0.1, -0.05) is 12.1 Å². The van der Waals surface area contributed by atoms with Crippen LogP contribution < -0.4 is 20.1 Å². The van der Waals surface area contributed by atoms with E-state index >= 15 is 0 Å². The maximum Gasteiger partial charge on any atom is 0.192 e. The normalized spacial score (nSPS) is 11.6. The highest BCUT2D eigenvalue weighted by Gasteiger charge is 2.14. The van der Waals surface area contributed by atoms with Gasteiger partial charge in [-0.3, -0.25) is 0 Å². The molecule has 0 aliphatic heterocycles. The Balaban J connectivity index is 0.00000392. The number of methoxy groups -OCH3 is 2. The molecule has 0 aliphatic carbocycles. The van der Waals surface area contributed by atoms with Crippen LogP contribution in [0.4, 0.5) is 0 Å². The maximum atomic E-state index is 8.89. The van der Waals surface area contributed by atoms with Gasteiger partial charge in [0.05, 0.1) is 38.4 Å². The largest absolute Gasteiger partial charge is 0.497 e. The van der Waals surface area contributed by atoms with Crippen LogP contribution in [-0.4, -0.2) is 26.7 Å². The summed E-state index contributed by atoms with van der Waals surface area (Å²) in [5, 5.41) is 15.5. The van der Waals surface area contributed by atoms with Crippen molar-refractivity contribution in [3.05, 3.63) is 59.2 Å². The molecule has 2 N–H and O–H groups in total. The van der Waals surface area contributed by atoms with Crippen molar-refractivity contribution in [3.63, 3.8) is 0 Å². The maximum absolute atomic E-state index is 8.89. The van der Waals surface area contributed by atoms with Crippen molar-refractivity contribution in [2.45, 2.75) is 26.4 Å². The zero-order chi connectivity index (χ0) is 19.6. The highest BCUT2D eigenvalue weighted by molar-refractivity contribution is 14.0. The number of hydrogen-bond donors (Lipinski definition) is 2. The second kappa shape index (κ2) is 12.1. The van der Waals surface area contributed by atoms with E-state index in [4.69, 9.17) is 14.7 Å². The predicted octanol–water partition coefficient (Wildman–Crippen LogP) is 4.01. The fraction of sp³-hybridized carbons (Fsp3) is 0.333. The van der Waals surface area contributed by atoms with Gasteiger partial charge in [0.25, 0.3) is 0 Å². The molecule has 6 nitrogen and oxygen atoms in total. The SMILES string of the molecule is CCNC(=NCc1ccc(C#N)cc1)NC(C)c1cc(OC)ccc1OC.I. The number of rotatable bonds is 7. The first kappa shape index (κ1) is 23.6. The van der Waals surface area contributed by atoms with Gasteiger partial charge < -0.3 is 20.1 Å². The number of hydrogen-bond acceptors (Lipinski definition) is 4. The van der Waals surface area contributed by atoms with Crippen LogP contribution in [0.15, 0.2) is 47.5 Å². The summed E-state index contributed by atoms with van der Waals surface area (Å²) in [6.07, 6.45) is 0. The van der Waals surface area contributed by atoms with E-state index in [1.165, 1.54) is 0 Å². The minimum absolute atomic E-state index is 0. The van der Waals surface area contributed by atoms with Crippen molar-refractivity contribution < 1.29 is 9.47 Å². The molecule has 0 spiro atoms. The molecule has 0 fully saturated rings. The van der Waals surface area contributed by atoms with Crippen molar-refractivity contribution in [2.75, 3.05) is 20.8 Å². The molecule has 0 aromatic heterocycles. The van der Waals surface area contributed by atoms with Crippen LogP contribution in [0.1, 0.15) is 36.6 Å². The van der Waals surface area contributed by atoms with Crippen molar-refractivity contribution in [3.8, 4) is 17.6 Å². The average molecular weight is 494 g/mol. The average Bonchev–Trinajstić information content (AvgIpc) is 2.71. The van der Waals surface area contributed by atoms with E-state index in [2.05, 4.69) is 21.7 Å². The van der Waals surface area contributed by atoms with E-state index < -0.39 is 0 Å². The molecular formula is C21H27IN4O2. The number of guanidine groups is 1. The van der Waals surface area contributed by atoms with Crippen molar-refractivity contribution in [1.82, 2.24) is 10.6 Å². The summed E-state index contributed by atoms with van der Waals surface area (Å²) in [5.74, 6) is 2.27. The van der Waals surface area contributed by atoms with Crippen LogP contribution in [-0.2, 0) is 6.54 Å². The first-order chi connectivity index (χ1) is 13.1. The lowest BCUT2D eigenvalue weighted by atomic mass is 10.1. The van der Waals surface area contributed by atoms with E-state index in [0.29, 0.717) is 18.1 Å². The molecule has 2 aromatic carbocycles. The minimum atomic E-state index is -0.0335. The number of aliphatic imine (C=N–C) groups is 1. The van der Waals surface area contributed by atoms with Crippen LogP contribution in [0.2, 0.25) is 0 Å². The van der Waals surface area contributed by atoms with Gasteiger partial charge in [0, 0.05) is 12.1 Å². The summed E-state index contributed by atoms with van der Waals surface area (Å²) >= 11 is 0. The Kier molecular flexibility index (Phi) is 10.2. The molecule has 0 amide bonds. The molecule has 150 valence electrons. The third kappa shape index (κ3) is 6.60. The van der Waals surface area contributed by atoms with E-state index in [9.17, 15) is 0 Å². The summed E-state index contributed by atoms with van der Waals surface area (Å²) < 4.78 is 10.8. The molecule has 0 heterocycles. The highest BCUT2D eigenvalue weighted by Crippen LogP contribution is 2.29.